The molecule has 0 aromatic heterocycles. The van der Waals surface area contributed by atoms with E-state index < -0.39 is 6.09 Å². The molecule has 5 heteroatoms. The zero-order valence-corrected chi connectivity index (χ0v) is 14.8. The van der Waals surface area contributed by atoms with Crippen molar-refractivity contribution in [2.24, 2.45) is 0 Å². The predicted molar refractivity (Wildman–Crippen MR) is 98.3 cm³/mol. The summed E-state index contributed by atoms with van der Waals surface area (Å²) in [7, 11) is 1.58. The van der Waals surface area contributed by atoms with Crippen LogP contribution in [0.4, 0.5) is 10.5 Å². The largest absolute Gasteiger partial charge is 0.493 e. The Kier molecular flexibility index (Phi) is 7.63. The molecule has 0 fully saturated rings. The van der Waals surface area contributed by atoms with Crippen LogP contribution in [0.25, 0.3) is 0 Å². The van der Waals surface area contributed by atoms with Crippen LogP contribution in [0.2, 0.25) is 0 Å². The maximum absolute atomic E-state index is 12.1. The van der Waals surface area contributed by atoms with Gasteiger partial charge >= 0.3 is 6.09 Å². The van der Waals surface area contributed by atoms with Gasteiger partial charge in [0.1, 0.15) is 6.61 Å². The molecule has 0 aliphatic rings. The van der Waals surface area contributed by atoms with Crippen molar-refractivity contribution < 1.29 is 19.0 Å². The average molecular weight is 343 g/mol. The van der Waals surface area contributed by atoms with Gasteiger partial charge in [-0.15, -0.1) is 0 Å². The molecule has 0 heterocycles. The lowest BCUT2D eigenvalue weighted by Crippen LogP contribution is -2.15. The zero-order valence-electron chi connectivity index (χ0n) is 14.8. The van der Waals surface area contributed by atoms with Crippen LogP contribution in [0.1, 0.15) is 31.7 Å². The molecule has 0 bridgehead atoms. The Morgan fingerprint density at radius 3 is 2.56 bits per heavy atom. The second-order valence-electron chi connectivity index (χ2n) is 5.58. The smallest absolute Gasteiger partial charge is 0.412 e. The molecule has 0 unspecified atom stereocenters. The molecule has 0 saturated heterocycles. The van der Waals surface area contributed by atoms with E-state index in [0.29, 0.717) is 23.8 Å². The Bertz CT molecular complexity index is 658. The SMILES string of the molecule is CCCCCOc1c(NC(=O)OCc2ccccc2)cccc1OC. The van der Waals surface area contributed by atoms with Crippen molar-refractivity contribution in [2.45, 2.75) is 32.8 Å². The van der Waals surface area contributed by atoms with Crippen molar-refractivity contribution in [3.63, 3.8) is 0 Å². The van der Waals surface area contributed by atoms with E-state index in [9.17, 15) is 4.79 Å². The molecule has 0 radical (unpaired) electrons. The third-order valence-corrected chi connectivity index (χ3v) is 3.64. The van der Waals surface area contributed by atoms with Crippen molar-refractivity contribution in [1.82, 2.24) is 0 Å². The Morgan fingerprint density at radius 2 is 1.84 bits per heavy atom. The summed E-state index contributed by atoms with van der Waals surface area (Å²) in [6.07, 6.45) is 2.63. The van der Waals surface area contributed by atoms with E-state index in [1.54, 1.807) is 25.3 Å². The Morgan fingerprint density at radius 1 is 1.04 bits per heavy atom. The maximum Gasteiger partial charge on any atom is 0.412 e. The Balaban J connectivity index is 1.98. The molecule has 2 rings (SSSR count). The van der Waals surface area contributed by atoms with Crippen molar-refractivity contribution in [3.05, 3.63) is 54.1 Å². The number of amides is 1. The molecule has 2 aromatic carbocycles. The van der Waals surface area contributed by atoms with Gasteiger partial charge in [0.25, 0.3) is 0 Å². The lowest BCUT2D eigenvalue weighted by molar-refractivity contribution is 0.155. The molecule has 25 heavy (non-hydrogen) atoms. The minimum Gasteiger partial charge on any atom is -0.493 e. The predicted octanol–water partition coefficient (Wildman–Crippen LogP) is 5.01. The fraction of sp³-hybridized carbons (Fsp3) is 0.350. The lowest BCUT2D eigenvalue weighted by Gasteiger charge is -2.15. The van der Waals surface area contributed by atoms with Gasteiger partial charge in [-0.2, -0.15) is 0 Å². The number of carbonyl (C=O) groups excluding carboxylic acids is 1. The quantitative estimate of drug-likeness (QED) is 0.650. The van der Waals surface area contributed by atoms with Crippen LogP contribution >= 0.6 is 0 Å². The van der Waals surface area contributed by atoms with Gasteiger partial charge in [-0.05, 0) is 24.1 Å². The zero-order chi connectivity index (χ0) is 17.9. The number of para-hydroxylation sites is 1. The summed E-state index contributed by atoms with van der Waals surface area (Å²) >= 11 is 0. The standard InChI is InChI=1S/C20H25NO4/c1-3-4-8-14-24-19-17(12-9-13-18(19)23-2)21-20(22)25-15-16-10-6-5-7-11-16/h5-7,9-13H,3-4,8,14-15H2,1-2H3,(H,21,22). The first-order valence-electron chi connectivity index (χ1n) is 8.52. The number of benzene rings is 2. The monoisotopic (exact) mass is 343 g/mol. The molecular formula is C20H25NO4. The first-order chi connectivity index (χ1) is 12.2. The van der Waals surface area contributed by atoms with Crippen LogP contribution in [0.3, 0.4) is 0 Å². The van der Waals surface area contributed by atoms with Crippen molar-refractivity contribution in [3.8, 4) is 11.5 Å². The third-order valence-electron chi connectivity index (χ3n) is 3.64. The second kappa shape index (κ2) is 10.2. The summed E-state index contributed by atoms with van der Waals surface area (Å²) in [6.45, 7) is 2.92. The molecule has 0 saturated carbocycles. The molecule has 5 nitrogen and oxygen atoms in total. The number of nitrogens with one attached hydrogen (secondary N) is 1. The second-order valence-corrected chi connectivity index (χ2v) is 5.58. The summed E-state index contributed by atoms with van der Waals surface area (Å²) in [6, 6.07) is 14.9. The van der Waals surface area contributed by atoms with E-state index >= 15 is 0 Å². The first-order valence-corrected chi connectivity index (χ1v) is 8.52. The summed E-state index contributed by atoms with van der Waals surface area (Å²) in [5.74, 6) is 1.11. The number of unbranched alkanes of at least 4 members (excludes halogenated alkanes) is 2. The number of methoxy groups -OCH3 is 1. The van der Waals surface area contributed by atoms with Crippen LogP contribution in [0.15, 0.2) is 48.5 Å². The van der Waals surface area contributed by atoms with Crippen molar-refractivity contribution >= 4 is 11.8 Å². The fourth-order valence-corrected chi connectivity index (χ4v) is 2.32. The Labute approximate surface area is 148 Å². The minimum absolute atomic E-state index is 0.212. The van der Waals surface area contributed by atoms with Crippen LogP contribution in [0.5, 0.6) is 11.5 Å². The van der Waals surface area contributed by atoms with Crippen molar-refractivity contribution in [2.75, 3.05) is 19.0 Å². The molecular weight excluding hydrogens is 318 g/mol. The van der Waals surface area contributed by atoms with Gasteiger partial charge in [-0.1, -0.05) is 56.2 Å². The van der Waals surface area contributed by atoms with Crippen LogP contribution in [-0.2, 0) is 11.3 Å². The third kappa shape index (κ3) is 6.03. The maximum atomic E-state index is 12.1. The number of hydrogen-bond donors (Lipinski definition) is 1. The van der Waals surface area contributed by atoms with E-state index in [4.69, 9.17) is 14.2 Å². The van der Waals surface area contributed by atoms with Crippen molar-refractivity contribution in [1.29, 1.82) is 0 Å². The molecule has 134 valence electrons. The van der Waals surface area contributed by atoms with Gasteiger partial charge in [0.15, 0.2) is 11.5 Å². The Hall–Kier alpha value is -2.69. The fourth-order valence-electron chi connectivity index (χ4n) is 2.32. The number of anilines is 1. The van der Waals surface area contributed by atoms with Crippen LogP contribution in [-0.4, -0.2) is 19.8 Å². The lowest BCUT2D eigenvalue weighted by atomic mass is 10.2. The topological polar surface area (TPSA) is 56.8 Å². The molecule has 0 spiro atoms. The van der Waals surface area contributed by atoms with E-state index in [1.807, 2.05) is 30.3 Å². The van der Waals surface area contributed by atoms with Crippen LogP contribution < -0.4 is 14.8 Å². The van der Waals surface area contributed by atoms with Gasteiger partial charge in [-0.25, -0.2) is 4.79 Å². The summed E-state index contributed by atoms with van der Waals surface area (Å²) in [4.78, 5) is 12.1. The normalized spacial score (nSPS) is 10.2. The minimum atomic E-state index is -0.532. The first kappa shape index (κ1) is 18.6. The van der Waals surface area contributed by atoms with Gasteiger partial charge in [-0.3, -0.25) is 5.32 Å². The highest BCUT2D eigenvalue weighted by atomic mass is 16.5. The highest BCUT2D eigenvalue weighted by molar-refractivity contribution is 5.87. The average Bonchev–Trinajstić information content (AvgIpc) is 2.65. The van der Waals surface area contributed by atoms with E-state index in [2.05, 4.69) is 12.2 Å². The van der Waals surface area contributed by atoms with Crippen LogP contribution in [0, 0.1) is 0 Å². The van der Waals surface area contributed by atoms with E-state index in [1.165, 1.54) is 0 Å². The number of rotatable bonds is 9. The number of carbonyl (C=O) groups is 1. The highest BCUT2D eigenvalue weighted by Crippen LogP contribution is 2.35. The molecule has 1 amide bonds. The van der Waals surface area contributed by atoms with E-state index in [-0.39, 0.29) is 6.61 Å². The molecule has 2 aromatic rings. The summed E-state index contributed by atoms with van der Waals surface area (Å²) < 4.78 is 16.4. The van der Waals surface area contributed by atoms with Gasteiger partial charge < -0.3 is 14.2 Å². The molecule has 0 atom stereocenters. The molecule has 1 N–H and O–H groups in total. The number of hydrogen-bond acceptors (Lipinski definition) is 4. The summed E-state index contributed by atoms with van der Waals surface area (Å²) in [5.41, 5.74) is 1.47. The molecule has 0 aliphatic carbocycles. The summed E-state index contributed by atoms with van der Waals surface area (Å²) in [5, 5.41) is 2.73. The van der Waals surface area contributed by atoms with Gasteiger partial charge in [0.05, 0.1) is 19.4 Å². The highest BCUT2D eigenvalue weighted by Gasteiger charge is 2.14. The number of ether oxygens (including phenoxy) is 3. The van der Waals surface area contributed by atoms with E-state index in [0.717, 1.165) is 24.8 Å². The van der Waals surface area contributed by atoms with Gasteiger partial charge in [0, 0.05) is 0 Å². The molecule has 0 aliphatic heterocycles. The van der Waals surface area contributed by atoms with Gasteiger partial charge in [0.2, 0.25) is 0 Å².